The van der Waals surface area contributed by atoms with Crippen LogP contribution in [0.25, 0.3) is 16.6 Å². The molecule has 0 bridgehead atoms. The molecule has 0 N–H and O–H groups in total. The van der Waals surface area contributed by atoms with Gasteiger partial charge in [-0.3, -0.25) is 4.57 Å². The quantitative estimate of drug-likeness (QED) is 0.683. The minimum Gasteiger partial charge on any atom is -0.266 e. The number of benzene rings is 2. The Kier molecular flexibility index (Phi) is 2.80. The Morgan fingerprint density at radius 2 is 1.89 bits per heavy atom. The van der Waals surface area contributed by atoms with Gasteiger partial charge < -0.3 is 0 Å². The molecule has 0 saturated heterocycles. The van der Waals surface area contributed by atoms with Gasteiger partial charge in [0.2, 0.25) is 0 Å². The molecule has 0 unspecified atom stereocenters. The Labute approximate surface area is 112 Å². The summed E-state index contributed by atoms with van der Waals surface area (Å²) in [6, 6.07) is 11.3. The zero-order chi connectivity index (χ0) is 13.4. The number of fused-ring (bicyclic) bond motifs is 1. The van der Waals surface area contributed by atoms with Crippen LogP contribution in [0.2, 0.25) is 5.02 Å². The lowest BCUT2D eigenvalue weighted by Crippen LogP contribution is -2.21. The summed E-state index contributed by atoms with van der Waals surface area (Å²) in [5.74, 6) is -0.425. The molecule has 94 valence electrons. The fraction of sp³-hybridized carbons (Fsp3) is 0. The monoisotopic (exact) mass is 274 g/mol. The molecule has 0 atom stereocenters. The Bertz CT molecular complexity index is 829. The van der Waals surface area contributed by atoms with Crippen molar-refractivity contribution in [1.29, 1.82) is 0 Å². The second kappa shape index (κ2) is 4.48. The number of nitrogens with zero attached hydrogens (tertiary/aromatic N) is 2. The van der Waals surface area contributed by atoms with Crippen LogP contribution in [0.3, 0.4) is 0 Å². The number of aromatic nitrogens is 2. The molecule has 0 fully saturated rings. The molecule has 0 spiro atoms. The van der Waals surface area contributed by atoms with Gasteiger partial charge in [-0.2, -0.15) is 4.98 Å². The Morgan fingerprint density at radius 3 is 2.68 bits per heavy atom. The molecule has 1 heterocycles. The fourth-order valence-electron chi connectivity index (χ4n) is 1.91. The molecule has 0 amide bonds. The Hall–Kier alpha value is -2.20. The van der Waals surface area contributed by atoms with Gasteiger partial charge >= 0.3 is 5.69 Å². The first-order valence-electron chi connectivity index (χ1n) is 5.59. The molecule has 3 aromatic rings. The number of hydrogen-bond donors (Lipinski definition) is 0. The van der Waals surface area contributed by atoms with Crippen molar-refractivity contribution < 1.29 is 4.39 Å². The van der Waals surface area contributed by atoms with E-state index < -0.39 is 11.5 Å². The van der Waals surface area contributed by atoms with Crippen molar-refractivity contribution in [2.45, 2.75) is 0 Å². The number of para-hydroxylation sites is 1. The summed E-state index contributed by atoms with van der Waals surface area (Å²) in [6.07, 6.45) is 1.42. The zero-order valence-electron chi connectivity index (χ0n) is 9.68. The summed E-state index contributed by atoms with van der Waals surface area (Å²) in [4.78, 5) is 15.8. The number of rotatable bonds is 1. The van der Waals surface area contributed by atoms with Crippen molar-refractivity contribution >= 4 is 22.5 Å². The first-order valence-corrected chi connectivity index (χ1v) is 5.97. The van der Waals surface area contributed by atoms with Gasteiger partial charge in [-0.25, -0.2) is 9.18 Å². The van der Waals surface area contributed by atoms with E-state index in [4.69, 9.17) is 11.6 Å². The highest BCUT2D eigenvalue weighted by atomic mass is 35.5. The highest BCUT2D eigenvalue weighted by molar-refractivity contribution is 6.32. The minimum atomic E-state index is -0.494. The molecule has 19 heavy (non-hydrogen) atoms. The van der Waals surface area contributed by atoms with E-state index in [1.165, 1.54) is 22.9 Å². The van der Waals surface area contributed by atoms with E-state index >= 15 is 0 Å². The zero-order valence-corrected chi connectivity index (χ0v) is 10.4. The van der Waals surface area contributed by atoms with Crippen molar-refractivity contribution in [2.75, 3.05) is 0 Å². The van der Waals surface area contributed by atoms with Crippen LogP contribution in [-0.4, -0.2) is 9.55 Å². The highest BCUT2D eigenvalue weighted by Crippen LogP contribution is 2.20. The predicted octanol–water partition coefficient (Wildman–Crippen LogP) is 3.18. The summed E-state index contributed by atoms with van der Waals surface area (Å²) in [5.41, 5.74) is 0.311. The third-order valence-electron chi connectivity index (χ3n) is 2.82. The molecule has 0 aliphatic rings. The molecule has 5 heteroatoms. The van der Waals surface area contributed by atoms with E-state index in [1.807, 2.05) is 0 Å². The van der Waals surface area contributed by atoms with Crippen molar-refractivity contribution in [3.8, 4) is 5.69 Å². The van der Waals surface area contributed by atoms with E-state index in [2.05, 4.69) is 4.98 Å². The maximum Gasteiger partial charge on any atom is 0.352 e. The molecule has 3 rings (SSSR count). The minimum absolute atomic E-state index is 0.280. The van der Waals surface area contributed by atoms with Crippen LogP contribution in [0.4, 0.5) is 4.39 Å². The molecule has 3 nitrogen and oxygen atoms in total. The second-order valence-electron chi connectivity index (χ2n) is 4.02. The number of hydrogen-bond acceptors (Lipinski definition) is 2. The van der Waals surface area contributed by atoms with Crippen LogP contribution < -0.4 is 5.69 Å². The van der Waals surface area contributed by atoms with Crippen LogP contribution in [0.5, 0.6) is 0 Å². The van der Waals surface area contributed by atoms with Crippen molar-refractivity contribution in [2.24, 2.45) is 0 Å². The van der Waals surface area contributed by atoms with Gasteiger partial charge in [-0.05, 0) is 24.3 Å². The van der Waals surface area contributed by atoms with E-state index in [1.54, 1.807) is 30.3 Å². The van der Waals surface area contributed by atoms with Crippen LogP contribution in [-0.2, 0) is 0 Å². The third-order valence-corrected chi connectivity index (χ3v) is 3.14. The lowest BCUT2D eigenvalue weighted by Gasteiger charge is -2.08. The lowest BCUT2D eigenvalue weighted by atomic mass is 10.2. The SMILES string of the molecule is O=c1nc2cccc(F)c2cn1-c1ccccc1Cl. The van der Waals surface area contributed by atoms with Crippen LogP contribution in [0.1, 0.15) is 0 Å². The largest absolute Gasteiger partial charge is 0.352 e. The lowest BCUT2D eigenvalue weighted by molar-refractivity contribution is 0.638. The standard InChI is InChI=1S/C14H8ClFN2O/c15-10-4-1-2-7-13(10)18-8-9-11(16)5-3-6-12(9)17-14(18)19/h1-8H. The van der Waals surface area contributed by atoms with Crippen LogP contribution in [0, 0.1) is 5.82 Å². The van der Waals surface area contributed by atoms with Crippen molar-refractivity contribution in [3.05, 3.63) is 70.0 Å². The van der Waals surface area contributed by atoms with Gasteiger partial charge in [0.1, 0.15) is 5.82 Å². The Morgan fingerprint density at radius 1 is 1.11 bits per heavy atom. The summed E-state index contributed by atoms with van der Waals surface area (Å²) >= 11 is 6.04. The second-order valence-corrected chi connectivity index (χ2v) is 4.42. The first kappa shape index (κ1) is 11.9. The van der Waals surface area contributed by atoms with Gasteiger partial charge in [0.05, 0.1) is 21.6 Å². The Balaban J connectivity index is 2.37. The highest BCUT2D eigenvalue weighted by Gasteiger charge is 2.09. The van der Waals surface area contributed by atoms with Crippen LogP contribution in [0.15, 0.2) is 53.5 Å². The third kappa shape index (κ3) is 2.00. The van der Waals surface area contributed by atoms with E-state index in [0.29, 0.717) is 16.2 Å². The van der Waals surface area contributed by atoms with Crippen molar-refractivity contribution in [3.63, 3.8) is 0 Å². The smallest absolute Gasteiger partial charge is 0.266 e. The molecule has 1 aromatic heterocycles. The van der Waals surface area contributed by atoms with Gasteiger partial charge in [-0.15, -0.1) is 0 Å². The molecule has 0 aliphatic carbocycles. The summed E-state index contributed by atoms with van der Waals surface area (Å²) in [7, 11) is 0. The van der Waals surface area contributed by atoms with Crippen LogP contribution >= 0.6 is 11.6 Å². The van der Waals surface area contributed by atoms with Gasteiger partial charge in [0.15, 0.2) is 0 Å². The average Bonchev–Trinajstić information content (AvgIpc) is 2.39. The molecule has 2 aromatic carbocycles. The maximum atomic E-state index is 13.7. The number of halogens is 2. The maximum absolute atomic E-state index is 13.7. The fourth-order valence-corrected chi connectivity index (χ4v) is 2.14. The van der Waals surface area contributed by atoms with Gasteiger partial charge in [0, 0.05) is 6.20 Å². The van der Waals surface area contributed by atoms with Gasteiger partial charge in [0.25, 0.3) is 0 Å². The molecule has 0 aliphatic heterocycles. The van der Waals surface area contributed by atoms with Crippen molar-refractivity contribution in [1.82, 2.24) is 9.55 Å². The average molecular weight is 275 g/mol. The molecular weight excluding hydrogens is 267 g/mol. The summed E-state index contributed by atoms with van der Waals surface area (Å²) in [5, 5.41) is 0.684. The molecule has 0 saturated carbocycles. The molecular formula is C14H8ClFN2O. The predicted molar refractivity (Wildman–Crippen MR) is 72.3 cm³/mol. The normalized spacial score (nSPS) is 10.8. The summed E-state index contributed by atoms with van der Waals surface area (Å²) < 4.78 is 15.0. The van der Waals surface area contributed by atoms with E-state index in [0.717, 1.165) is 0 Å². The molecule has 0 radical (unpaired) electrons. The van der Waals surface area contributed by atoms with E-state index in [9.17, 15) is 9.18 Å². The first-order chi connectivity index (χ1) is 9.16. The van der Waals surface area contributed by atoms with E-state index in [-0.39, 0.29) is 5.39 Å². The topological polar surface area (TPSA) is 34.9 Å². The summed E-state index contributed by atoms with van der Waals surface area (Å²) in [6.45, 7) is 0. The van der Waals surface area contributed by atoms with Gasteiger partial charge in [-0.1, -0.05) is 29.8 Å².